The molecule has 0 aliphatic carbocycles. The van der Waals surface area contributed by atoms with E-state index in [1.165, 1.54) is 0 Å². The van der Waals surface area contributed by atoms with Gasteiger partial charge in [0.2, 0.25) is 0 Å². The van der Waals surface area contributed by atoms with Crippen LogP contribution in [-0.4, -0.2) is 5.11 Å². The first kappa shape index (κ1) is 8.08. The van der Waals surface area contributed by atoms with Gasteiger partial charge < -0.3 is 5.11 Å². The molecule has 3 heteroatoms. The number of hydrogen-bond acceptors (Lipinski definition) is 1. The molecule has 0 aromatic heterocycles. The number of aromatic hydroxyl groups is 1. The molecule has 0 saturated heterocycles. The molecule has 0 amide bonds. The van der Waals surface area contributed by atoms with E-state index in [0.29, 0.717) is 5.75 Å². The van der Waals surface area contributed by atoms with Crippen LogP contribution in [0.5, 0.6) is 5.75 Å². The Balaban J connectivity index is 2.96. The maximum atomic E-state index is 9.02. The van der Waals surface area contributed by atoms with E-state index in [2.05, 4.69) is 31.9 Å². The van der Waals surface area contributed by atoms with Crippen LogP contribution in [0.15, 0.2) is 24.3 Å². The number of phenols is 1. The van der Waals surface area contributed by atoms with Gasteiger partial charge in [0.1, 0.15) is 5.75 Å². The molecule has 10 heavy (non-hydrogen) atoms. The topological polar surface area (TPSA) is 20.2 Å². The van der Waals surface area contributed by atoms with Crippen LogP contribution in [0.25, 0.3) is 0 Å². The summed E-state index contributed by atoms with van der Waals surface area (Å²) in [6.07, 6.45) is 0. The van der Waals surface area contributed by atoms with Gasteiger partial charge in [-0.1, -0.05) is 44.0 Å². The molecule has 0 unspecified atom stereocenters. The van der Waals surface area contributed by atoms with Gasteiger partial charge in [-0.3, -0.25) is 0 Å². The molecular weight excluding hydrogens is 260 g/mol. The number of benzene rings is 1. The number of rotatable bonds is 1. The average molecular weight is 266 g/mol. The lowest BCUT2D eigenvalue weighted by Gasteiger charge is -2.00. The predicted octanol–water partition coefficient (Wildman–Crippen LogP) is 3.18. The van der Waals surface area contributed by atoms with Gasteiger partial charge in [0.05, 0.1) is 3.74 Å². The van der Waals surface area contributed by atoms with E-state index in [0.717, 1.165) is 5.56 Å². The Hall–Kier alpha value is -0.0200. The average Bonchev–Trinajstić information content (AvgIpc) is 1.88. The summed E-state index contributed by atoms with van der Waals surface area (Å²) in [4.78, 5) is 0. The molecule has 0 spiro atoms. The van der Waals surface area contributed by atoms with Crippen LogP contribution in [0.4, 0.5) is 0 Å². The molecular formula is C7H6Br2O. The molecule has 0 saturated carbocycles. The van der Waals surface area contributed by atoms with Crippen molar-refractivity contribution < 1.29 is 5.11 Å². The van der Waals surface area contributed by atoms with E-state index in [1.54, 1.807) is 18.2 Å². The van der Waals surface area contributed by atoms with Crippen molar-refractivity contribution in [3.05, 3.63) is 29.8 Å². The Morgan fingerprint density at radius 2 is 2.00 bits per heavy atom. The summed E-state index contributed by atoms with van der Waals surface area (Å²) in [5.41, 5.74) is 1.01. The minimum atomic E-state index is 0.118. The number of halogens is 2. The second-order valence-corrected chi connectivity index (χ2v) is 4.96. The Morgan fingerprint density at radius 1 is 1.30 bits per heavy atom. The standard InChI is InChI=1S/C7H6Br2O/c8-7(9)5-2-1-3-6(10)4-5/h1-4,7,10H. The molecule has 0 fully saturated rings. The highest BCUT2D eigenvalue weighted by Gasteiger charge is 2.00. The summed E-state index contributed by atoms with van der Waals surface area (Å²) in [5, 5.41) is 9.02. The van der Waals surface area contributed by atoms with Crippen LogP contribution >= 0.6 is 31.9 Å². The highest BCUT2D eigenvalue weighted by molar-refractivity contribution is 9.24. The van der Waals surface area contributed by atoms with Gasteiger partial charge >= 0.3 is 0 Å². The molecule has 1 nitrogen and oxygen atoms in total. The molecule has 0 bridgehead atoms. The molecule has 1 N–H and O–H groups in total. The van der Waals surface area contributed by atoms with Crippen LogP contribution in [0.3, 0.4) is 0 Å². The molecule has 1 aromatic carbocycles. The third-order valence-electron chi connectivity index (χ3n) is 1.12. The lowest BCUT2D eigenvalue weighted by atomic mass is 10.2. The first-order chi connectivity index (χ1) is 4.70. The zero-order valence-electron chi connectivity index (χ0n) is 5.09. The quantitative estimate of drug-likeness (QED) is 0.774. The highest BCUT2D eigenvalue weighted by atomic mass is 79.9. The van der Waals surface area contributed by atoms with Crippen LogP contribution in [0.2, 0.25) is 0 Å². The van der Waals surface area contributed by atoms with E-state index in [-0.39, 0.29) is 3.74 Å². The minimum Gasteiger partial charge on any atom is -0.508 e. The van der Waals surface area contributed by atoms with E-state index in [9.17, 15) is 0 Å². The minimum absolute atomic E-state index is 0.118. The number of phenolic OH excluding ortho intramolecular Hbond substituents is 1. The van der Waals surface area contributed by atoms with Gasteiger partial charge in [0.15, 0.2) is 0 Å². The summed E-state index contributed by atoms with van der Waals surface area (Å²) in [5.74, 6) is 0.293. The molecule has 0 aliphatic heterocycles. The second kappa shape index (κ2) is 3.39. The van der Waals surface area contributed by atoms with Crippen LogP contribution < -0.4 is 0 Å². The van der Waals surface area contributed by atoms with Crippen LogP contribution in [-0.2, 0) is 0 Å². The maximum Gasteiger partial charge on any atom is 0.115 e. The van der Waals surface area contributed by atoms with Gasteiger partial charge in [-0.2, -0.15) is 0 Å². The Bertz CT molecular complexity index is 223. The molecule has 0 aliphatic rings. The fraction of sp³-hybridized carbons (Fsp3) is 0.143. The van der Waals surface area contributed by atoms with Gasteiger partial charge in [0, 0.05) is 0 Å². The summed E-state index contributed by atoms with van der Waals surface area (Å²) in [6, 6.07) is 7.08. The van der Waals surface area contributed by atoms with Crippen LogP contribution in [0.1, 0.15) is 9.30 Å². The Kier molecular flexibility index (Phi) is 2.74. The third-order valence-corrected chi connectivity index (χ3v) is 2.18. The SMILES string of the molecule is Oc1cccc(C(Br)Br)c1. The molecule has 0 radical (unpaired) electrons. The Labute approximate surface area is 76.3 Å². The summed E-state index contributed by atoms with van der Waals surface area (Å²) < 4.78 is 0.118. The predicted molar refractivity (Wildman–Crippen MR) is 48.7 cm³/mol. The summed E-state index contributed by atoms with van der Waals surface area (Å²) in [7, 11) is 0. The zero-order chi connectivity index (χ0) is 7.56. The fourth-order valence-electron chi connectivity index (χ4n) is 0.661. The van der Waals surface area contributed by atoms with Gasteiger partial charge in [0.25, 0.3) is 0 Å². The largest absolute Gasteiger partial charge is 0.508 e. The first-order valence-corrected chi connectivity index (χ1v) is 4.60. The van der Waals surface area contributed by atoms with Crippen molar-refractivity contribution in [2.24, 2.45) is 0 Å². The third kappa shape index (κ3) is 1.99. The molecule has 0 atom stereocenters. The summed E-state index contributed by atoms with van der Waals surface area (Å²) in [6.45, 7) is 0. The zero-order valence-corrected chi connectivity index (χ0v) is 8.26. The van der Waals surface area contributed by atoms with Gasteiger partial charge in [-0.05, 0) is 17.7 Å². The van der Waals surface area contributed by atoms with Crippen molar-refractivity contribution in [3.63, 3.8) is 0 Å². The van der Waals surface area contributed by atoms with Crippen molar-refractivity contribution in [1.82, 2.24) is 0 Å². The smallest absolute Gasteiger partial charge is 0.115 e. The lowest BCUT2D eigenvalue weighted by molar-refractivity contribution is 0.475. The first-order valence-electron chi connectivity index (χ1n) is 2.77. The van der Waals surface area contributed by atoms with Crippen LogP contribution in [0, 0.1) is 0 Å². The van der Waals surface area contributed by atoms with Gasteiger partial charge in [-0.15, -0.1) is 0 Å². The van der Waals surface area contributed by atoms with Crippen molar-refractivity contribution in [2.45, 2.75) is 3.74 Å². The second-order valence-electron chi connectivity index (χ2n) is 1.90. The normalized spacial score (nSPS) is 10.3. The molecule has 54 valence electrons. The van der Waals surface area contributed by atoms with E-state index in [4.69, 9.17) is 5.11 Å². The van der Waals surface area contributed by atoms with Crippen molar-refractivity contribution >= 4 is 31.9 Å². The maximum absolute atomic E-state index is 9.02. The molecule has 0 heterocycles. The van der Waals surface area contributed by atoms with Crippen molar-refractivity contribution in [1.29, 1.82) is 0 Å². The van der Waals surface area contributed by atoms with Gasteiger partial charge in [-0.25, -0.2) is 0 Å². The summed E-state index contributed by atoms with van der Waals surface area (Å²) >= 11 is 6.64. The van der Waals surface area contributed by atoms with Crippen molar-refractivity contribution in [3.8, 4) is 5.75 Å². The molecule has 1 rings (SSSR count). The van der Waals surface area contributed by atoms with Crippen molar-refractivity contribution in [2.75, 3.05) is 0 Å². The Morgan fingerprint density at radius 3 is 2.40 bits per heavy atom. The monoisotopic (exact) mass is 264 g/mol. The number of hydrogen-bond donors (Lipinski definition) is 1. The highest BCUT2D eigenvalue weighted by Crippen LogP contribution is 2.30. The molecule has 1 aromatic rings. The lowest BCUT2D eigenvalue weighted by Crippen LogP contribution is -1.77. The van der Waals surface area contributed by atoms with E-state index < -0.39 is 0 Å². The number of alkyl halides is 2. The van der Waals surface area contributed by atoms with E-state index in [1.807, 2.05) is 6.07 Å². The fourth-order valence-corrected chi connectivity index (χ4v) is 1.23. The van der Waals surface area contributed by atoms with E-state index >= 15 is 0 Å².